The molecular formula is C10H9N5O3S. The van der Waals surface area contributed by atoms with E-state index in [1.807, 2.05) is 0 Å². The molecule has 0 aromatic carbocycles. The number of nitrogens with one attached hydrogen (secondary N) is 1. The van der Waals surface area contributed by atoms with E-state index in [-0.39, 0.29) is 23.6 Å². The Morgan fingerprint density at radius 1 is 1.42 bits per heavy atom. The zero-order chi connectivity index (χ0) is 13.7. The summed E-state index contributed by atoms with van der Waals surface area (Å²) in [5.74, 6) is 0.398. The Morgan fingerprint density at radius 2 is 2.26 bits per heavy atom. The molecule has 2 aromatic rings. The van der Waals surface area contributed by atoms with Crippen LogP contribution in [0, 0.1) is 11.3 Å². The number of hydrogen-bond acceptors (Lipinski definition) is 7. The molecule has 0 amide bonds. The first-order valence-corrected chi connectivity index (χ1v) is 6.72. The van der Waals surface area contributed by atoms with E-state index < -0.39 is 10.0 Å². The number of hydrogen-bond donors (Lipinski definition) is 1. The highest BCUT2D eigenvalue weighted by Crippen LogP contribution is 2.11. The minimum atomic E-state index is -3.78. The molecule has 0 aliphatic heterocycles. The summed E-state index contributed by atoms with van der Waals surface area (Å²) in [6.45, 7) is 0.0988. The van der Waals surface area contributed by atoms with E-state index in [2.05, 4.69) is 24.4 Å². The molecule has 0 aliphatic rings. The highest BCUT2D eigenvalue weighted by molar-refractivity contribution is 7.89. The number of nitrogens with zero attached hydrogens (tertiary/aromatic N) is 4. The Labute approximate surface area is 109 Å². The van der Waals surface area contributed by atoms with E-state index in [1.54, 1.807) is 6.07 Å². The average molecular weight is 279 g/mol. The molecule has 2 heterocycles. The van der Waals surface area contributed by atoms with Crippen LogP contribution in [0.4, 0.5) is 0 Å². The van der Waals surface area contributed by atoms with E-state index in [0.29, 0.717) is 5.82 Å². The SMILES string of the molecule is N#Cc1ncccc1S(=O)(=O)NCCc1ncon1. The summed E-state index contributed by atoms with van der Waals surface area (Å²) in [5.41, 5.74) is -0.144. The van der Waals surface area contributed by atoms with E-state index in [4.69, 9.17) is 5.26 Å². The molecule has 9 heteroatoms. The second kappa shape index (κ2) is 5.55. The number of sulfonamides is 1. The maximum Gasteiger partial charge on any atom is 0.243 e. The van der Waals surface area contributed by atoms with Crippen LogP contribution in [-0.4, -0.2) is 30.1 Å². The topological polar surface area (TPSA) is 122 Å². The lowest BCUT2D eigenvalue weighted by atomic mass is 10.4. The number of rotatable bonds is 5. The predicted molar refractivity (Wildman–Crippen MR) is 62.1 cm³/mol. The van der Waals surface area contributed by atoms with Gasteiger partial charge in [0.25, 0.3) is 0 Å². The third-order valence-electron chi connectivity index (χ3n) is 2.21. The fourth-order valence-corrected chi connectivity index (χ4v) is 2.51. The minimum Gasteiger partial charge on any atom is -0.343 e. The van der Waals surface area contributed by atoms with Gasteiger partial charge in [0.15, 0.2) is 11.5 Å². The molecule has 0 bridgehead atoms. The monoisotopic (exact) mass is 279 g/mol. The van der Waals surface area contributed by atoms with E-state index in [0.717, 1.165) is 0 Å². The zero-order valence-electron chi connectivity index (χ0n) is 9.65. The normalized spacial score (nSPS) is 11.1. The Morgan fingerprint density at radius 3 is 2.95 bits per heavy atom. The summed E-state index contributed by atoms with van der Waals surface area (Å²) in [5, 5.41) is 12.4. The van der Waals surface area contributed by atoms with Gasteiger partial charge in [0, 0.05) is 19.2 Å². The van der Waals surface area contributed by atoms with Crippen molar-refractivity contribution >= 4 is 10.0 Å². The minimum absolute atomic E-state index is 0.0988. The van der Waals surface area contributed by atoms with Crippen LogP contribution in [-0.2, 0) is 16.4 Å². The van der Waals surface area contributed by atoms with Crippen molar-refractivity contribution < 1.29 is 12.9 Å². The molecule has 0 saturated carbocycles. The highest BCUT2D eigenvalue weighted by atomic mass is 32.2. The van der Waals surface area contributed by atoms with Crippen LogP contribution in [0.3, 0.4) is 0 Å². The largest absolute Gasteiger partial charge is 0.343 e. The summed E-state index contributed by atoms with van der Waals surface area (Å²) in [6.07, 6.45) is 2.81. The van der Waals surface area contributed by atoms with Crippen molar-refractivity contribution in [2.75, 3.05) is 6.54 Å². The Hall–Kier alpha value is -2.31. The van der Waals surface area contributed by atoms with Gasteiger partial charge in [0.2, 0.25) is 16.4 Å². The van der Waals surface area contributed by atoms with Crippen molar-refractivity contribution in [3.05, 3.63) is 36.2 Å². The molecular weight excluding hydrogens is 270 g/mol. The quantitative estimate of drug-likeness (QED) is 0.807. The third-order valence-corrected chi connectivity index (χ3v) is 3.71. The summed E-state index contributed by atoms with van der Waals surface area (Å²) in [6, 6.07) is 4.51. The number of aromatic nitrogens is 3. The van der Waals surface area contributed by atoms with Gasteiger partial charge in [-0.05, 0) is 12.1 Å². The van der Waals surface area contributed by atoms with E-state index in [9.17, 15) is 8.42 Å². The Kier molecular flexibility index (Phi) is 3.84. The van der Waals surface area contributed by atoms with Gasteiger partial charge in [0.1, 0.15) is 11.0 Å². The first-order valence-electron chi connectivity index (χ1n) is 5.23. The molecule has 0 radical (unpaired) electrons. The molecule has 0 fully saturated rings. The van der Waals surface area contributed by atoms with Crippen molar-refractivity contribution in [2.24, 2.45) is 0 Å². The lowest BCUT2D eigenvalue weighted by Crippen LogP contribution is -2.27. The molecule has 0 atom stereocenters. The van der Waals surface area contributed by atoms with Crippen LogP contribution >= 0.6 is 0 Å². The molecule has 0 aliphatic carbocycles. The molecule has 2 rings (SSSR count). The van der Waals surface area contributed by atoms with Crippen molar-refractivity contribution in [1.29, 1.82) is 5.26 Å². The van der Waals surface area contributed by atoms with Gasteiger partial charge < -0.3 is 4.52 Å². The van der Waals surface area contributed by atoms with Crippen LogP contribution in [0.1, 0.15) is 11.5 Å². The van der Waals surface area contributed by atoms with Gasteiger partial charge in [0.05, 0.1) is 0 Å². The summed E-state index contributed by atoms with van der Waals surface area (Å²) in [7, 11) is -3.78. The fourth-order valence-electron chi connectivity index (χ4n) is 1.37. The second-order valence-corrected chi connectivity index (χ2v) is 5.19. The smallest absolute Gasteiger partial charge is 0.243 e. The van der Waals surface area contributed by atoms with Crippen molar-refractivity contribution in [1.82, 2.24) is 19.8 Å². The molecule has 1 N–H and O–H groups in total. The standard InChI is InChI=1S/C10H9N5O3S/c11-6-8-9(2-1-4-12-8)19(16,17)14-5-3-10-13-7-18-15-10/h1-2,4,7,14H,3,5H2. The van der Waals surface area contributed by atoms with Crippen LogP contribution in [0.5, 0.6) is 0 Å². The predicted octanol–water partition coefficient (Wildman–Crippen LogP) is -0.143. The molecule has 0 unspecified atom stereocenters. The molecule has 0 spiro atoms. The van der Waals surface area contributed by atoms with Gasteiger partial charge in [-0.2, -0.15) is 10.2 Å². The summed E-state index contributed by atoms with van der Waals surface area (Å²) < 4.78 is 30.8. The van der Waals surface area contributed by atoms with Gasteiger partial charge in [-0.25, -0.2) is 18.1 Å². The number of pyridine rings is 1. The molecule has 98 valence electrons. The maximum atomic E-state index is 12.0. The fraction of sp³-hybridized carbons (Fsp3) is 0.200. The molecule has 19 heavy (non-hydrogen) atoms. The highest BCUT2D eigenvalue weighted by Gasteiger charge is 2.18. The van der Waals surface area contributed by atoms with Crippen molar-refractivity contribution in [3.8, 4) is 6.07 Å². The van der Waals surface area contributed by atoms with E-state index >= 15 is 0 Å². The molecule has 2 aromatic heterocycles. The van der Waals surface area contributed by atoms with Gasteiger partial charge >= 0.3 is 0 Å². The Balaban J connectivity index is 2.08. The third kappa shape index (κ3) is 3.12. The van der Waals surface area contributed by atoms with Crippen LogP contribution in [0.25, 0.3) is 0 Å². The first-order chi connectivity index (χ1) is 9.13. The molecule has 8 nitrogen and oxygen atoms in total. The zero-order valence-corrected chi connectivity index (χ0v) is 10.5. The number of nitriles is 1. The second-order valence-electron chi connectivity index (χ2n) is 3.46. The van der Waals surface area contributed by atoms with Crippen molar-refractivity contribution in [2.45, 2.75) is 11.3 Å². The van der Waals surface area contributed by atoms with E-state index in [1.165, 1.54) is 24.7 Å². The van der Waals surface area contributed by atoms with Crippen LogP contribution < -0.4 is 4.72 Å². The van der Waals surface area contributed by atoms with Gasteiger partial charge in [-0.3, -0.25) is 0 Å². The summed E-state index contributed by atoms with van der Waals surface area (Å²) >= 11 is 0. The van der Waals surface area contributed by atoms with Gasteiger partial charge in [-0.15, -0.1) is 0 Å². The van der Waals surface area contributed by atoms with Crippen molar-refractivity contribution in [3.63, 3.8) is 0 Å². The van der Waals surface area contributed by atoms with Crippen LogP contribution in [0.15, 0.2) is 34.1 Å². The molecule has 0 saturated heterocycles. The average Bonchev–Trinajstić information content (AvgIpc) is 2.91. The first kappa shape index (κ1) is 13.1. The summed E-state index contributed by atoms with van der Waals surface area (Å²) in [4.78, 5) is 7.32. The maximum absolute atomic E-state index is 12.0. The lowest BCUT2D eigenvalue weighted by molar-refractivity contribution is 0.410. The van der Waals surface area contributed by atoms with Crippen LogP contribution in [0.2, 0.25) is 0 Å². The Bertz CT molecular complexity index is 690. The van der Waals surface area contributed by atoms with Gasteiger partial charge in [-0.1, -0.05) is 5.16 Å². The lowest BCUT2D eigenvalue weighted by Gasteiger charge is -2.06.